The minimum atomic E-state index is -1.97. The second-order valence-corrected chi connectivity index (χ2v) is 2.28. The lowest BCUT2D eigenvalue weighted by Gasteiger charge is -2.20. The van der Waals surface area contributed by atoms with Crippen LogP contribution in [0.15, 0.2) is 0 Å². The van der Waals surface area contributed by atoms with Crippen molar-refractivity contribution in [3.05, 3.63) is 0 Å². The molecule has 0 aromatic carbocycles. The lowest BCUT2D eigenvalue weighted by molar-refractivity contribution is -0.203. The van der Waals surface area contributed by atoms with Gasteiger partial charge in [-0.25, -0.2) is 4.79 Å². The zero-order valence-corrected chi connectivity index (χ0v) is 6.70. The molecule has 7 nitrogen and oxygen atoms in total. The van der Waals surface area contributed by atoms with E-state index in [0.29, 0.717) is 0 Å². The van der Waals surface area contributed by atoms with E-state index in [-0.39, 0.29) is 0 Å². The molecule has 0 aliphatic heterocycles. The molecule has 0 aliphatic rings. The lowest BCUT2D eigenvalue weighted by Crippen LogP contribution is -2.42. The highest BCUT2D eigenvalue weighted by Crippen LogP contribution is 2.01. The fourth-order valence-corrected chi connectivity index (χ4v) is 0.540. The second-order valence-electron chi connectivity index (χ2n) is 2.28. The van der Waals surface area contributed by atoms with E-state index in [2.05, 4.69) is 4.74 Å². The molecule has 0 heterocycles. The smallest absolute Gasteiger partial charge is 0.334 e. The average molecular weight is 196 g/mol. The van der Waals surface area contributed by atoms with Crippen molar-refractivity contribution in [2.24, 2.45) is 0 Å². The Morgan fingerprint density at radius 3 is 2.15 bits per heavy atom. The van der Waals surface area contributed by atoms with E-state index in [1.165, 1.54) is 0 Å². The summed E-state index contributed by atoms with van der Waals surface area (Å²) in [5.74, 6) is -1.14. The van der Waals surface area contributed by atoms with E-state index in [1.807, 2.05) is 0 Å². The summed E-state index contributed by atoms with van der Waals surface area (Å²) < 4.78 is 4.03. The summed E-state index contributed by atoms with van der Waals surface area (Å²) in [4.78, 5) is 10.4. The van der Waals surface area contributed by atoms with E-state index in [9.17, 15) is 4.79 Å². The van der Waals surface area contributed by atoms with Crippen molar-refractivity contribution in [1.29, 1.82) is 0 Å². The zero-order chi connectivity index (χ0) is 10.4. The molecule has 0 aromatic heterocycles. The first-order chi connectivity index (χ1) is 6.02. The van der Waals surface area contributed by atoms with Gasteiger partial charge in [0.05, 0.1) is 6.61 Å². The SMILES string of the molecule is O=C(CO)OC(O)[C@@H](O)[C@@H](O)CO. The summed E-state index contributed by atoms with van der Waals surface area (Å²) in [6.45, 7) is -1.73. The third-order valence-electron chi connectivity index (χ3n) is 1.25. The molecule has 0 spiro atoms. The molecule has 0 bridgehead atoms. The summed E-state index contributed by atoms with van der Waals surface area (Å²) in [5, 5.41) is 43.0. The third-order valence-corrected chi connectivity index (χ3v) is 1.25. The van der Waals surface area contributed by atoms with Crippen LogP contribution in [0.1, 0.15) is 0 Å². The molecule has 0 aromatic rings. The maximum Gasteiger partial charge on any atom is 0.334 e. The highest BCUT2D eigenvalue weighted by molar-refractivity contribution is 5.70. The van der Waals surface area contributed by atoms with Gasteiger partial charge in [0.25, 0.3) is 0 Å². The normalized spacial score (nSPS) is 17.6. The van der Waals surface area contributed by atoms with Crippen molar-refractivity contribution in [3.8, 4) is 0 Å². The largest absolute Gasteiger partial charge is 0.431 e. The molecule has 7 heteroatoms. The van der Waals surface area contributed by atoms with Crippen LogP contribution in [0.25, 0.3) is 0 Å². The molecular formula is C6H12O7. The molecule has 13 heavy (non-hydrogen) atoms. The van der Waals surface area contributed by atoms with Crippen LogP contribution in [0.4, 0.5) is 0 Å². The highest BCUT2D eigenvalue weighted by atomic mass is 16.7. The van der Waals surface area contributed by atoms with Crippen LogP contribution < -0.4 is 0 Å². The maximum atomic E-state index is 10.4. The number of aliphatic hydroxyl groups is 5. The Balaban J connectivity index is 3.95. The fourth-order valence-electron chi connectivity index (χ4n) is 0.540. The molecule has 3 atom stereocenters. The Kier molecular flexibility index (Phi) is 5.51. The average Bonchev–Trinajstić information content (AvgIpc) is 2.14. The predicted molar refractivity (Wildman–Crippen MR) is 38.3 cm³/mol. The Labute approximate surface area is 73.8 Å². The molecule has 0 radical (unpaired) electrons. The van der Waals surface area contributed by atoms with Crippen LogP contribution in [0, 0.1) is 0 Å². The van der Waals surface area contributed by atoms with Gasteiger partial charge >= 0.3 is 5.97 Å². The molecule has 5 N–H and O–H groups in total. The molecule has 78 valence electrons. The van der Waals surface area contributed by atoms with Crippen LogP contribution >= 0.6 is 0 Å². The lowest BCUT2D eigenvalue weighted by atomic mass is 10.2. The third kappa shape index (κ3) is 4.15. The van der Waals surface area contributed by atoms with Gasteiger partial charge < -0.3 is 30.3 Å². The van der Waals surface area contributed by atoms with Gasteiger partial charge in [-0.3, -0.25) is 0 Å². The van der Waals surface area contributed by atoms with E-state index < -0.39 is 37.7 Å². The summed E-state index contributed by atoms with van der Waals surface area (Å²) in [5.41, 5.74) is 0. The molecule has 1 unspecified atom stereocenters. The van der Waals surface area contributed by atoms with Gasteiger partial charge in [0.1, 0.15) is 18.8 Å². The van der Waals surface area contributed by atoms with Crippen LogP contribution in [-0.2, 0) is 9.53 Å². The van der Waals surface area contributed by atoms with Gasteiger partial charge in [0, 0.05) is 0 Å². The first-order valence-corrected chi connectivity index (χ1v) is 3.48. The topological polar surface area (TPSA) is 127 Å². The molecule has 0 saturated carbocycles. The predicted octanol–water partition coefficient (Wildman–Crippen LogP) is -3.45. The fraction of sp³-hybridized carbons (Fsp3) is 0.833. The van der Waals surface area contributed by atoms with E-state index in [1.54, 1.807) is 0 Å². The van der Waals surface area contributed by atoms with Crippen LogP contribution in [0.2, 0.25) is 0 Å². The minimum Gasteiger partial charge on any atom is -0.431 e. The first-order valence-electron chi connectivity index (χ1n) is 3.48. The van der Waals surface area contributed by atoms with Crippen molar-refractivity contribution in [2.75, 3.05) is 13.2 Å². The summed E-state index contributed by atoms with van der Waals surface area (Å²) in [7, 11) is 0. The number of ether oxygens (including phenoxy) is 1. The number of carbonyl (C=O) groups is 1. The zero-order valence-electron chi connectivity index (χ0n) is 6.70. The van der Waals surface area contributed by atoms with Gasteiger partial charge in [-0.1, -0.05) is 0 Å². The standard InChI is InChI=1S/C6H12O7/c7-1-3(9)5(11)6(12)13-4(10)2-8/h3,5-9,11-12H,1-2H2/t3-,5-,6?/m0/s1. The molecule has 0 saturated heterocycles. The van der Waals surface area contributed by atoms with Gasteiger partial charge in [-0.15, -0.1) is 0 Å². The number of rotatable bonds is 5. The second kappa shape index (κ2) is 5.84. The Morgan fingerprint density at radius 1 is 1.23 bits per heavy atom. The summed E-state index contributed by atoms with van der Waals surface area (Å²) >= 11 is 0. The first kappa shape index (κ1) is 12.3. The van der Waals surface area contributed by atoms with Crippen molar-refractivity contribution in [2.45, 2.75) is 18.5 Å². The van der Waals surface area contributed by atoms with Crippen molar-refractivity contribution in [1.82, 2.24) is 0 Å². The molecular weight excluding hydrogens is 184 g/mol. The Morgan fingerprint density at radius 2 is 1.77 bits per heavy atom. The van der Waals surface area contributed by atoms with Crippen LogP contribution in [0.3, 0.4) is 0 Å². The Hall–Kier alpha value is -0.730. The number of aliphatic hydroxyl groups excluding tert-OH is 5. The minimum absolute atomic E-state index is 0.783. The van der Waals surface area contributed by atoms with Gasteiger partial charge in [0.2, 0.25) is 6.29 Å². The van der Waals surface area contributed by atoms with Gasteiger partial charge in [-0.05, 0) is 0 Å². The molecule has 0 aliphatic carbocycles. The number of esters is 1. The molecule has 0 amide bonds. The quantitative estimate of drug-likeness (QED) is 0.228. The number of carbonyl (C=O) groups excluding carboxylic acids is 1. The maximum absolute atomic E-state index is 10.4. The number of hydrogen-bond acceptors (Lipinski definition) is 7. The van der Waals surface area contributed by atoms with Crippen molar-refractivity contribution in [3.63, 3.8) is 0 Å². The van der Waals surface area contributed by atoms with Gasteiger partial charge in [0.15, 0.2) is 0 Å². The van der Waals surface area contributed by atoms with E-state index in [0.717, 1.165) is 0 Å². The highest BCUT2D eigenvalue weighted by Gasteiger charge is 2.26. The van der Waals surface area contributed by atoms with E-state index >= 15 is 0 Å². The van der Waals surface area contributed by atoms with Crippen molar-refractivity contribution >= 4 is 5.97 Å². The van der Waals surface area contributed by atoms with Crippen LogP contribution in [-0.4, -0.2) is 63.2 Å². The van der Waals surface area contributed by atoms with E-state index in [4.69, 9.17) is 25.5 Å². The summed E-state index contributed by atoms with van der Waals surface area (Å²) in [6, 6.07) is 0. The number of hydrogen-bond donors (Lipinski definition) is 5. The molecule has 0 rings (SSSR count). The Bertz CT molecular complexity index is 159. The monoisotopic (exact) mass is 196 g/mol. The van der Waals surface area contributed by atoms with Crippen molar-refractivity contribution < 1.29 is 35.1 Å². The van der Waals surface area contributed by atoms with Gasteiger partial charge in [-0.2, -0.15) is 0 Å². The van der Waals surface area contributed by atoms with Crippen LogP contribution in [0.5, 0.6) is 0 Å². The summed E-state index contributed by atoms with van der Waals surface area (Å²) in [6.07, 6.45) is -5.39. The molecule has 0 fully saturated rings.